The molecule has 0 bridgehead atoms. The number of benzene rings is 1. The number of halogens is 1. The van der Waals surface area contributed by atoms with Crippen LogP contribution in [0.3, 0.4) is 0 Å². The number of aliphatic imine (C=N–C) groups is 1. The van der Waals surface area contributed by atoms with Crippen LogP contribution in [0.1, 0.15) is 21.1 Å². The predicted molar refractivity (Wildman–Crippen MR) is 89.9 cm³/mol. The molecule has 0 amide bonds. The zero-order valence-corrected chi connectivity index (χ0v) is 13.9. The lowest BCUT2D eigenvalue weighted by molar-refractivity contribution is 0.626. The molecule has 0 unspecified atom stereocenters. The highest BCUT2D eigenvalue weighted by Crippen LogP contribution is 2.16. The summed E-state index contributed by atoms with van der Waals surface area (Å²) in [5.74, 6) is 0.509. The van der Waals surface area contributed by atoms with Crippen LogP contribution < -0.4 is 10.6 Å². The second-order valence-corrected chi connectivity index (χ2v) is 6.27. The molecular weight excluding hydrogens is 299 g/mol. The van der Waals surface area contributed by atoms with Crippen LogP contribution in [0.2, 0.25) is 0 Å². The van der Waals surface area contributed by atoms with Crippen LogP contribution in [-0.2, 0) is 13.0 Å². The Balaban J connectivity index is 1.76. The molecule has 0 aliphatic heterocycles. The number of nitrogens with one attached hydrogen (secondary N) is 2. The molecule has 1 heterocycles. The minimum atomic E-state index is -0.222. The summed E-state index contributed by atoms with van der Waals surface area (Å²) >= 11 is 1.74. The molecule has 0 fully saturated rings. The zero-order valence-electron chi connectivity index (χ0n) is 13.1. The van der Waals surface area contributed by atoms with Crippen LogP contribution in [-0.4, -0.2) is 24.5 Å². The Bertz CT molecular complexity index is 615. The minimum absolute atomic E-state index is 0.222. The van der Waals surface area contributed by atoms with Gasteiger partial charge in [0.2, 0.25) is 0 Å². The molecule has 0 radical (unpaired) electrons. The Labute approximate surface area is 134 Å². The number of rotatable bonds is 5. The van der Waals surface area contributed by atoms with Crippen LogP contribution >= 0.6 is 11.3 Å². The molecule has 2 aromatic rings. The first-order valence-corrected chi connectivity index (χ1v) is 8.02. The fraction of sp³-hybridized carbons (Fsp3) is 0.375. The largest absolute Gasteiger partial charge is 0.356 e. The molecule has 0 aliphatic carbocycles. The van der Waals surface area contributed by atoms with E-state index in [9.17, 15) is 4.39 Å². The zero-order chi connectivity index (χ0) is 15.9. The normalized spacial score (nSPS) is 11.5. The van der Waals surface area contributed by atoms with Gasteiger partial charge in [-0.2, -0.15) is 0 Å². The van der Waals surface area contributed by atoms with Crippen molar-refractivity contribution in [3.8, 4) is 0 Å². The molecular formula is C16H21FN4S. The van der Waals surface area contributed by atoms with Crippen molar-refractivity contribution in [2.24, 2.45) is 4.99 Å². The van der Waals surface area contributed by atoms with Crippen molar-refractivity contribution in [2.75, 3.05) is 13.6 Å². The van der Waals surface area contributed by atoms with Gasteiger partial charge in [-0.25, -0.2) is 9.37 Å². The van der Waals surface area contributed by atoms with Crippen molar-refractivity contribution >= 4 is 17.3 Å². The number of guanidine groups is 1. The highest BCUT2D eigenvalue weighted by atomic mass is 32.1. The summed E-state index contributed by atoms with van der Waals surface area (Å²) < 4.78 is 12.8. The molecule has 6 heteroatoms. The van der Waals surface area contributed by atoms with Gasteiger partial charge >= 0.3 is 0 Å². The van der Waals surface area contributed by atoms with Gasteiger partial charge < -0.3 is 10.6 Å². The maximum Gasteiger partial charge on any atom is 0.191 e. The van der Waals surface area contributed by atoms with E-state index in [1.54, 1.807) is 30.5 Å². The van der Waals surface area contributed by atoms with E-state index in [4.69, 9.17) is 0 Å². The first-order chi connectivity index (χ1) is 10.6. The van der Waals surface area contributed by atoms with Gasteiger partial charge in [-0.1, -0.05) is 12.1 Å². The third-order valence-electron chi connectivity index (χ3n) is 3.30. The summed E-state index contributed by atoms with van der Waals surface area (Å²) in [4.78, 5) is 9.97. The molecule has 0 spiro atoms. The fourth-order valence-corrected chi connectivity index (χ4v) is 2.88. The van der Waals surface area contributed by atoms with E-state index in [2.05, 4.69) is 27.5 Å². The monoisotopic (exact) mass is 320 g/mol. The Morgan fingerprint density at radius 2 is 1.95 bits per heavy atom. The van der Waals surface area contributed by atoms with Crippen molar-refractivity contribution < 1.29 is 4.39 Å². The van der Waals surface area contributed by atoms with Crippen molar-refractivity contribution in [3.63, 3.8) is 0 Å². The van der Waals surface area contributed by atoms with Crippen molar-refractivity contribution in [2.45, 2.75) is 26.8 Å². The summed E-state index contributed by atoms with van der Waals surface area (Å²) in [6, 6.07) is 6.44. The molecule has 118 valence electrons. The maximum atomic E-state index is 12.8. The Hall–Kier alpha value is -1.95. The van der Waals surface area contributed by atoms with E-state index >= 15 is 0 Å². The summed E-state index contributed by atoms with van der Waals surface area (Å²) in [6.07, 6.45) is 0.872. The summed E-state index contributed by atoms with van der Waals surface area (Å²) in [5.41, 5.74) is 2.12. The first-order valence-electron chi connectivity index (χ1n) is 7.20. The van der Waals surface area contributed by atoms with Gasteiger partial charge in [0.05, 0.1) is 10.7 Å². The molecule has 0 saturated heterocycles. The number of hydrogen-bond acceptors (Lipinski definition) is 3. The van der Waals surface area contributed by atoms with Crippen LogP contribution in [0.5, 0.6) is 0 Å². The van der Waals surface area contributed by atoms with Crippen molar-refractivity contribution in [1.29, 1.82) is 0 Å². The molecule has 0 aliphatic rings. The van der Waals surface area contributed by atoms with Gasteiger partial charge in [0.1, 0.15) is 5.82 Å². The van der Waals surface area contributed by atoms with E-state index in [1.165, 1.54) is 17.0 Å². The Morgan fingerprint density at radius 1 is 1.23 bits per heavy atom. The van der Waals surface area contributed by atoms with E-state index in [0.717, 1.165) is 35.2 Å². The van der Waals surface area contributed by atoms with E-state index in [-0.39, 0.29) is 5.82 Å². The van der Waals surface area contributed by atoms with Gasteiger partial charge in [-0.15, -0.1) is 11.3 Å². The lowest BCUT2D eigenvalue weighted by atomic mass is 10.2. The number of thiazole rings is 1. The Morgan fingerprint density at radius 3 is 2.55 bits per heavy atom. The fourth-order valence-electron chi connectivity index (χ4n) is 1.94. The highest BCUT2D eigenvalue weighted by Gasteiger charge is 2.04. The maximum absolute atomic E-state index is 12.8. The standard InChI is InChI=1S/C16H21FN4S/c1-11-12(2)22-15(21-11)8-9-19-16(18-3)20-10-13-4-6-14(17)7-5-13/h4-7H,8-10H2,1-3H3,(H2,18,19,20). The average Bonchev–Trinajstić information content (AvgIpc) is 2.83. The number of aryl methyl sites for hydroxylation is 2. The van der Waals surface area contributed by atoms with Gasteiger partial charge in [0.15, 0.2) is 5.96 Å². The van der Waals surface area contributed by atoms with Gasteiger partial charge in [0.25, 0.3) is 0 Å². The van der Waals surface area contributed by atoms with Crippen LogP contribution in [0.4, 0.5) is 4.39 Å². The molecule has 1 aromatic heterocycles. The summed E-state index contributed by atoms with van der Waals surface area (Å²) in [5, 5.41) is 7.60. The topological polar surface area (TPSA) is 49.3 Å². The second-order valence-electron chi connectivity index (χ2n) is 4.98. The lowest BCUT2D eigenvalue weighted by Gasteiger charge is -2.11. The smallest absolute Gasteiger partial charge is 0.191 e. The Kier molecular flexibility index (Phi) is 5.89. The average molecular weight is 320 g/mol. The van der Waals surface area contributed by atoms with Crippen molar-refractivity contribution in [3.05, 3.63) is 51.2 Å². The second kappa shape index (κ2) is 7.89. The third-order valence-corrected chi connectivity index (χ3v) is 4.43. The summed E-state index contributed by atoms with van der Waals surface area (Å²) in [6.45, 7) is 5.50. The molecule has 22 heavy (non-hydrogen) atoms. The number of nitrogens with zero attached hydrogens (tertiary/aromatic N) is 2. The van der Waals surface area contributed by atoms with Gasteiger partial charge in [-0.05, 0) is 31.5 Å². The lowest BCUT2D eigenvalue weighted by Crippen LogP contribution is -2.37. The summed E-state index contributed by atoms with van der Waals surface area (Å²) in [7, 11) is 1.73. The highest BCUT2D eigenvalue weighted by molar-refractivity contribution is 7.11. The molecule has 1 aromatic carbocycles. The van der Waals surface area contributed by atoms with E-state index in [1.807, 2.05) is 6.92 Å². The quantitative estimate of drug-likeness (QED) is 0.658. The predicted octanol–water partition coefficient (Wildman–Crippen LogP) is 2.81. The minimum Gasteiger partial charge on any atom is -0.356 e. The number of hydrogen-bond donors (Lipinski definition) is 2. The molecule has 0 atom stereocenters. The molecule has 0 saturated carbocycles. The molecule has 4 nitrogen and oxygen atoms in total. The van der Waals surface area contributed by atoms with E-state index < -0.39 is 0 Å². The van der Waals surface area contributed by atoms with Gasteiger partial charge in [0, 0.05) is 31.4 Å². The first kappa shape index (κ1) is 16.4. The SMILES string of the molecule is CN=C(NCCc1nc(C)c(C)s1)NCc1ccc(F)cc1. The molecule has 2 rings (SSSR count). The van der Waals surface area contributed by atoms with Crippen molar-refractivity contribution in [1.82, 2.24) is 15.6 Å². The molecule has 2 N–H and O–H groups in total. The van der Waals surface area contributed by atoms with Crippen LogP contribution in [0.25, 0.3) is 0 Å². The third kappa shape index (κ3) is 4.80. The van der Waals surface area contributed by atoms with Crippen LogP contribution in [0.15, 0.2) is 29.3 Å². The van der Waals surface area contributed by atoms with Crippen LogP contribution in [0, 0.1) is 19.7 Å². The van der Waals surface area contributed by atoms with E-state index in [0.29, 0.717) is 6.54 Å². The van der Waals surface area contributed by atoms with Gasteiger partial charge in [-0.3, -0.25) is 4.99 Å². The number of aromatic nitrogens is 1.